The summed E-state index contributed by atoms with van der Waals surface area (Å²) in [5.74, 6) is 6.07. The fraction of sp³-hybridized carbons (Fsp3) is 0.217. The summed E-state index contributed by atoms with van der Waals surface area (Å²) >= 11 is 6.24. The molecule has 0 unspecified atom stereocenters. The van der Waals surface area contributed by atoms with Crippen LogP contribution in [0, 0.1) is 18.8 Å². The highest BCUT2D eigenvalue weighted by Crippen LogP contribution is 2.27. The number of carboxylic acid groups (broad SMARTS) is 1. The Balaban J connectivity index is 1.51. The molecule has 0 saturated carbocycles. The van der Waals surface area contributed by atoms with Gasteiger partial charge in [0.15, 0.2) is 0 Å². The van der Waals surface area contributed by atoms with Gasteiger partial charge in [0, 0.05) is 30.4 Å². The first kappa shape index (κ1) is 21.4. The summed E-state index contributed by atoms with van der Waals surface area (Å²) in [6.45, 7) is 2.46. The number of aryl methyl sites for hydroxylation is 1. The molecule has 162 valence electrons. The SMILES string of the molecule is Cc1cc(C#Cc2ccccc2)cnc1NC(=O)c1c(Cl)cnn1[C@@H]1CCN(C(=O)O)C1. The average molecular weight is 450 g/mol. The Bertz CT molecular complexity index is 1230. The minimum Gasteiger partial charge on any atom is -0.465 e. The topological polar surface area (TPSA) is 100 Å². The summed E-state index contributed by atoms with van der Waals surface area (Å²) in [5.41, 5.74) is 2.56. The predicted molar refractivity (Wildman–Crippen MR) is 120 cm³/mol. The lowest BCUT2D eigenvalue weighted by atomic mass is 10.1. The monoisotopic (exact) mass is 449 g/mol. The molecule has 1 aliphatic rings. The number of amides is 2. The van der Waals surface area contributed by atoms with Gasteiger partial charge >= 0.3 is 6.09 Å². The van der Waals surface area contributed by atoms with Crippen molar-refractivity contribution in [1.82, 2.24) is 19.7 Å². The van der Waals surface area contributed by atoms with E-state index in [0.29, 0.717) is 18.8 Å². The molecule has 0 aliphatic carbocycles. The second kappa shape index (κ2) is 9.12. The molecule has 2 amide bonds. The molecule has 2 aromatic heterocycles. The summed E-state index contributed by atoms with van der Waals surface area (Å²) < 4.78 is 1.50. The van der Waals surface area contributed by atoms with Crippen LogP contribution in [0.15, 0.2) is 48.8 Å². The van der Waals surface area contributed by atoms with Crippen LogP contribution in [-0.2, 0) is 0 Å². The highest BCUT2D eigenvalue weighted by atomic mass is 35.5. The van der Waals surface area contributed by atoms with Gasteiger partial charge in [-0.15, -0.1) is 0 Å². The molecule has 1 fully saturated rings. The summed E-state index contributed by atoms with van der Waals surface area (Å²) in [6.07, 6.45) is 2.55. The van der Waals surface area contributed by atoms with Crippen molar-refractivity contribution >= 4 is 29.4 Å². The maximum absolute atomic E-state index is 13.0. The number of nitrogens with zero attached hydrogens (tertiary/aromatic N) is 4. The maximum atomic E-state index is 13.0. The Hall–Kier alpha value is -3.83. The Morgan fingerprint density at radius 1 is 1.19 bits per heavy atom. The molecule has 0 radical (unpaired) electrons. The lowest BCUT2D eigenvalue weighted by Crippen LogP contribution is -2.28. The van der Waals surface area contributed by atoms with Crippen LogP contribution in [0.2, 0.25) is 5.02 Å². The molecule has 1 atom stereocenters. The number of rotatable bonds is 3. The van der Waals surface area contributed by atoms with E-state index in [2.05, 4.69) is 27.2 Å². The molecule has 1 aliphatic heterocycles. The van der Waals surface area contributed by atoms with Crippen LogP contribution in [0.5, 0.6) is 0 Å². The molecule has 1 aromatic carbocycles. The van der Waals surface area contributed by atoms with Gasteiger partial charge in [-0.05, 0) is 37.1 Å². The average Bonchev–Trinajstić information content (AvgIpc) is 3.41. The van der Waals surface area contributed by atoms with E-state index in [0.717, 1.165) is 16.7 Å². The number of halogens is 1. The minimum absolute atomic E-state index is 0.179. The molecule has 0 spiro atoms. The van der Waals surface area contributed by atoms with Crippen molar-refractivity contribution < 1.29 is 14.7 Å². The number of nitrogens with one attached hydrogen (secondary N) is 1. The normalized spacial score (nSPS) is 15.2. The third kappa shape index (κ3) is 4.58. The molecular weight excluding hydrogens is 430 g/mol. The zero-order valence-electron chi connectivity index (χ0n) is 17.2. The number of anilines is 1. The second-order valence-electron chi connectivity index (χ2n) is 7.42. The number of pyridine rings is 1. The first-order chi connectivity index (χ1) is 15.4. The van der Waals surface area contributed by atoms with Crippen molar-refractivity contribution in [3.63, 3.8) is 0 Å². The van der Waals surface area contributed by atoms with Gasteiger partial charge in [-0.3, -0.25) is 9.48 Å². The number of hydrogen-bond acceptors (Lipinski definition) is 4. The largest absolute Gasteiger partial charge is 0.465 e. The van der Waals surface area contributed by atoms with Crippen molar-refractivity contribution in [2.75, 3.05) is 18.4 Å². The second-order valence-corrected chi connectivity index (χ2v) is 7.82. The molecule has 4 rings (SSSR count). The highest BCUT2D eigenvalue weighted by Gasteiger charge is 2.31. The fourth-order valence-electron chi connectivity index (χ4n) is 3.55. The molecule has 9 heteroatoms. The van der Waals surface area contributed by atoms with E-state index in [1.165, 1.54) is 15.8 Å². The van der Waals surface area contributed by atoms with Crippen molar-refractivity contribution in [1.29, 1.82) is 0 Å². The van der Waals surface area contributed by atoms with Gasteiger partial charge in [0.1, 0.15) is 11.5 Å². The Morgan fingerprint density at radius 2 is 1.94 bits per heavy atom. The van der Waals surface area contributed by atoms with Gasteiger partial charge in [-0.2, -0.15) is 5.10 Å². The maximum Gasteiger partial charge on any atom is 0.407 e. The Kier molecular flexibility index (Phi) is 6.10. The summed E-state index contributed by atoms with van der Waals surface area (Å²) in [7, 11) is 0. The molecule has 3 aromatic rings. The molecular formula is C23H20ClN5O3. The van der Waals surface area contributed by atoms with Gasteiger partial charge in [0.25, 0.3) is 5.91 Å². The van der Waals surface area contributed by atoms with Crippen LogP contribution in [0.1, 0.15) is 39.6 Å². The molecule has 3 heterocycles. The van der Waals surface area contributed by atoms with Crippen LogP contribution in [-0.4, -0.2) is 49.9 Å². The first-order valence-corrected chi connectivity index (χ1v) is 10.4. The van der Waals surface area contributed by atoms with E-state index in [9.17, 15) is 14.7 Å². The number of likely N-dealkylation sites (tertiary alicyclic amines) is 1. The summed E-state index contributed by atoms with van der Waals surface area (Å²) in [5, 5.41) is 16.4. The van der Waals surface area contributed by atoms with Gasteiger partial charge in [-0.1, -0.05) is 41.6 Å². The van der Waals surface area contributed by atoms with E-state index >= 15 is 0 Å². The molecule has 0 bridgehead atoms. The van der Waals surface area contributed by atoms with Gasteiger partial charge in [-0.25, -0.2) is 9.78 Å². The zero-order valence-corrected chi connectivity index (χ0v) is 18.0. The van der Waals surface area contributed by atoms with E-state index in [4.69, 9.17) is 11.6 Å². The summed E-state index contributed by atoms with van der Waals surface area (Å²) in [6, 6.07) is 11.2. The van der Waals surface area contributed by atoms with Gasteiger partial charge in [0.2, 0.25) is 0 Å². The number of carbonyl (C=O) groups is 2. The highest BCUT2D eigenvalue weighted by molar-refractivity contribution is 6.34. The van der Waals surface area contributed by atoms with Crippen molar-refractivity contribution in [3.05, 3.63) is 76.2 Å². The number of aromatic nitrogens is 3. The van der Waals surface area contributed by atoms with E-state index < -0.39 is 12.0 Å². The lowest BCUT2D eigenvalue weighted by molar-refractivity contribution is 0.101. The van der Waals surface area contributed by atoms with Crippen molar-refractivity contribution in [3.8, 4) is 11.8 Å². The predicted octanol–water partition coefficient (Wildman–Crippen LogP) is 3.82. The van der Waals surface area contributed by atoms with Crippen molar-refractivity contribution in [2.24, 2.45) is 0 Å². The van der Waals surface area contributed by atoms with E-state index in [1.807, 2.05) is 43.3 Å². The van der Waals surface area contributed by atoms with Crippen LogP contribution in [0.4, 0.5) is 10.6 Å². The van der Waals surface area contributed by atoms with Crippen LogP contribution < -0.4 is 5.32 Å². The Labute approximate surface area is 189 Å². The van der Waals surface area contributed by atoms with Crippen LogP contribution >= 0.6 is 11.6 Å². The fourth-order valence-corrected chi connectivity index (χ4v) is 3.77. The molecule has 8 nitrogen and oxygen atoms in total. The minimum atomic E-state index is -0.993. The van der Waals surface area contributed by atoms with Gasteiger partial charge in [0.05, 0.1) is 17.3 Å². The first-order valence-electron chi connectivity index (χ1n) is 9.98. The van der Waals surface area contributed by atoms with Crippen molar-refractivity contribution in [2.45, 2.75) is 19.4 Å². The third-order valence-corrected chi connectivity index (χ3v) is 5.46. The number of hydrogen-bond donors (Lipinski definition) is 2. The Morgan fingerprint density at radius 3 is 2.62 bits per heavy atom. The zero-order chi connectivity index (χ0) is 22.7. The van der Waals surface area contributed by atoms with E-state index in [-0.39, 0.29) is 23.3 Å². The quantitative estimate of drug-likeness (QED) is 0.592. The van der Waals surface area contributed by atoms with E-state index in [1.54, 1.807) is 6.20 Å². The smallest absolute Gasteiger partial charge is 0.407 e. The lowest BCUT2D eigenvalue weighted by Gasteiger charge is -2.16. The molecule has 1 saturated heterocycles. The number of benzene rings is 1. The summed E-state index contributed by atoms with van der Waals surface area (Å²) in [4.78, 5) is 29.8. The van der Waals surface area contributed by atoms with Crippen LogP contribution in [0.25, 0.3) is 0 Å². The molecule has 2 N–H and O–H groups in total. The van der Waals surface area contributed by atoms with Gasteiger partial charge < -0.3 is 15.3 Å². The standard InChI is InChI=1S/C23H20ClN5O3/c1-15-11-17(8-7-16-5-3-2-4-6-16)12-25-21(15)27-22(30)20-19(24)13-26-29(20)18-9-10-28(14-18)23(31)32/h2-6,11-13,18H,9-10,14H2,1H3,(H,31,32)(H,25,27,30)/t18-/m1/s1. The third-order valence-electron chi connectivity index (χ3n) is 5.18. The van der Waals surface area contributed by atoms with Crippen LogP contribution in [0.3, 0.4) is 0 Å². The molecule has 32 heavy (non-hydrogen) atoms. The number of carbonyl (C=O) groups excluding carboxylic acids is 1.